The van der Waals surface area contributed by atoms with Crippen molar-refractivity contribution in [1.29, 1.82) is 0 Å². The van der Waals surface area contributed by atoms with Crippen molar-refractivity contribution in [2.24, 2.45) is 5.41 Å². The van der Waals surface area contributed by atoms with Crippen molar-refractivity contribution in [2.45, 2.75) is 33.6 Å². The molecule has 0 radical (unpaired) electrons. The van der Waals surface area contributed by atoms with E-state index < -0.39 is 0 Å². The van der Waals surface area contributed by atoms with E-state index in [0.29, 0.717) is 5.41 Å². The van der Waals surface area contributed by atoms with Gasteiger partial charge in [0.2, 0.25) is 0 Å². The van der Waals surface area contributed by atoms with Gasteiger partial charge in [0.15, 0.2) is 0 Å². The van der Waals surface area contributed by atoms with Gasteiger partial charge < -0.3 is 0 Å². The molecule has 1 rings (SSSR count). The van der Waals surface area contributed by atoms with Gasteiger partial charge in [-0.3, -0.25) is 4.90 Å². The molecule has 1 heterocycles. The van der Waals surface area contributed by atoms with Crippen LogP contribution in [0.1, 0.15) is 33.6 Å². The summed E-state index contributed by atoms with van der Waals surface area (Å²) in [5.74, 6) is 2.69. The van der Waals surface area contributed by atoms with Gasteiger partial charge in [0, 0.05) is 26.1 Å². The molecule has 0 aromatic heterocycles. The third-order valence-corrected chi connectivity index (χ3v) is 2.83. The number of hydrogen-bond donors (Lipinski definition) is 0. The monoisotopic (exact) mass is 191 g/mol. The summed E-state index contributed by atoms with van der Waals surface area (Å²) in [5, 5.41) is 0. The van der Waals surface area contributed by atoms with Gasteiger partial charge in [-0.15, -0.1) is 12.3 Å². The van der Waals surface area contributed by atoms with Gasteiger partial charge in [0.25, 0.3) is 0 Å². The lowest BCUT2D eigenvalue weighted by Gasteiger charge is -2.31. The van der Waals surface area contributed by atoms with E-state index in [1.165, 1.54) is 13.0 Å². The van der Waals surface area contributed by atoms with Gasteiger partial charge in [-0.2, -0.15) is 0 Å². The van der Waals surface area contributed by atoms with Gasteiger partial charge >= 0.3 is 0 Å². The molecule has 0 bridgehead atoms. The molecule has 0 spiro atoms. The predicted octanol–water partition coefficient (Wildman–Crippen LogP) is 2.69. The van der Waals surface area contributed by atoms with Crippen LogP contribution in [0.2, 0.25) is 0 Å². The van der Waals surface area contributed by atoms with E-state index in [2.05, 4.69) is 37.7 Å². The molecule has 0 aromatic rings. The first kappa shape index (κ1) is 11.3. The topological polar surface area (TPSA) is 3.24 Å². The van der Waals surface area contributed by atoms with E-state index in [1.807, 2.05) is 0 Å². The molecule has 0 N–H and O–H groups in total. The number of hydrogen-bond acceptors (Lipinski definition) is 1. The van der Waals surface area contributed by atoms with E-state index in [1.54, 1.807) is 5.57 Å². The molecular weight excluding hydrogens is 170 g/mol. The Labute approximate surface area is 88.2 Å². The van der Waals surface area contributed by atoms with Crippen molar-refractivity contribution in [2.75, 3.05) is 19.6 Å². The van der Waals surface area contributed by atoms with E-state index in [-0.39, 0.29) is 0 Å². The minimum absolute atomic E-state index is 0.345. The smallest absolute Gasteiger partial charge is 0.0214 e. The second-order valence-electron chi connectivity index (χ2n) is 4.98. The first-order valence-corrected chi connectivity index (χ1v) is 5.39. The SMILES string of the molecule is C#CCCN1CC=C(C(C)(C)C)CC1. The molecule has 0 saturated heterocycles. The zero-order valence-electron chi connectivity index (χ0n) is 9.64. The largest absolute Gasteiger partial charge is 0.298 e. The molecular formula is C13H21N. The summed E-state index contributed by atoms with van der Waals surface area (Å²) < 4.78 is 0. The Morgan fingerprint density at radius 1 is 1.50 bits per heavy atom. The average molecular weight is 191 g/mol. The molecule has 1 heteroatoms. The van der Waals surface area contributed by atoms with Crippen molar-refractivity contribution >= 4 is 0 Å². The summed E-state index contributed by atoms with van der Waals surface area (Å²) in [4.78, 5) is 2.43. The van der Waals surface area contributed by atoms with Gasteiger partial charge in [0.05, 0.1) is 0 Å². The van der Waals surface area contributed by atoms with Crippen LogP contribution in [0.15, 0.2) is 11.6 Å². The fourth-order valence-electron chi connectivity index (χ4n) is 1.82. The Hall–Kier alpha value is -0.740. The molecule has 1 aliphatic heterocycles. The summed E-state index contributed by atoms with van der Waals surface area (Å²) in [7, 11) is 0. The Morgan fingerprint density at radius 3 is 2.64 bits per heavy atom. The highest BCUT2D eigenvalue weighted by Gasteiger charge is 2.20. The van der Waals surface area contributed by atoms with E-state index in [9.17, 15) is 0 Å². The minimum Gasteiger partial charge on any atom is -0.298 e. The Kier molecular flexibility index (Phi) is 3.77. The molecule has 1 nitrogen and oxygen atoms in total. The first-order chi connectivity index (χ1) is 6.54. The van der Waals surface area contributed by atoms with Crippen molar-refractivity contribution in [3.05, 3.63) is 11.6 Å². The van der Waals surface area contributed by atoms with E-state index >= 15 is 0 Å². The maximum absolute atomic E-state index is 5.25. The van der Waals surface area contributed by atoms with Crippen LogP contribution in [0.25, 0.3) is 0 Å². The van der Waals surface area contributed by atoms with Gasteiger partial charge in [-0.1, -0.05) is 32.4 Å². The summed E-state index contributed by atoms with van der Waals surface area (Å²) in [6.45, 7) is 10.2. The first-order valence-electron chi connectivity index (χ1n) is 5.39. The quantitative estimate of drug-likeness (QED) is 0.479. The molecule has 1 aliphatic rings. The van der Waals surface area contributed by atoms with Crippen LogP contribution in [0.5, 0.6) is 0 Å². The number of terminal acetylenes is 1. The highest BCUT2D eigenvalue weighted by Crippen LogP contribution is 2.29. The molecule has 0 amide bonds. The lowest BCUT2D eigenvalue weighted by molar-refractivity contribution is 0.285. The maximum Gasteiger partial charge on any atom is 0.0214 e. The molecule has 14 heavy (non-hydrogen) atoms. The summed E-state index contributed by atoms with van der Waals surface area (Å²) in [6, 6.07) is 0. The zero-order valence-corrected chi connectivity index (χ0v) is 9.64. The lowest BCUT2D eigenvalue weighted by atomic mass is 9.83. The van der Waals surface area contributed by atoms with Crippen molar-refractivity contribution in [1.82, 2.24) is 4.90 Å². The molecule has 0 aliphatic carbocycles. The summed E-state index contributed by atoms with van der Waals surface area (Å²) in [6.07, 6.45) is 9.70. The fraction of sp³-hybridized carbons (Fsp3) is 0.692. The molecule has 0 aromatic carbocycles. The van der Waals surface area contributed by atoms with Crippen LogP contribution in [0.4, 0.5) is 0 Å². The Bertz CT molecular complexity index is 249. The Balaban J connectivity index is 2.44. The molecule has 0 saturated carbocycles. The van der Waals surface area contributed by atoms with Crippen molar-refractivity contribution in [3.63, 3.8) is 0 Å². The summed E-state index contributed by atoms with van der Waals surface area (Å²) in [5.41, 5.74) is 1.94. The standard InChI is InChI=1S/C13H21N/c1-5-6-9-14-10-7-12(8-11-14)13(2,3)4/h1,7H,6,8-11H2,2-4H3. The fourth-order valence-corrected chi connectivity index (χ4v) is 1.82. The molecule has 0 unspecified atom stereocenters. The third-order valence-electron chi connectivity index (χ3n) is 2.83. The predicted molar refractivity (Wildman–Crippen MR) is 62.0 cm³/mol. The van der Waals surface area contributed by atoms with Crippen LogP contribution in [0.3, 0.4) is 0 Å². The van der Waals surface area contributed by atoms with Crippen molar-refractivity contribution in [3.8, 4) is 12.3 Å². The average Bonchev–Trinajstić information content (AvgIpc) is 2.14. The van der Waals surface area contributed by atoms with Crippen molar-refractivity contribution < 1.29 is 0 Å². The second kappa shape index (κ2) is 4.66. The highest BCUT2D eigenvalue weighted by molar-refractivity contribution is 5.14. The van der Waals surface area contributed by atoms with Crippen LogP contribution in [-0.4, -0.2) is 24.5 Å². The number of rotatable bonds is 2. The van der Waals surface area contributed by atoms with E-state index in [0.717, 1.165) is 19.5 Å². The number of nitrogens with zero attached hydrogens (tertiary/aromatic N) is 1. The Morgan fingerprint density at radius 2 is 2.21 bits per heavy atom. The van der Waals surface area contributed by atoms with Gasteiger partial charge in [-0.25, -0.2) is 0 Å². The maximum atomic E-state index is 5.25. The van der Waals surface area contributed by atoms with Gasteiger partial charge in [0.1, 0.15) is 0 Å². The normalized spacial score (nSPS) is 18.9. The zero-order chi connectivity index (χ0) is 10.6. The highest BCUT2D eigenvalue weighted by atomic mass is 15.1. The van der Waals surface area contributed by atoms with E-state index in [4.69, 9.17) is 6.42 Å². The minimum atomic E-state index is 0.345. The third kappa shape index (κ3) is 3.20. The lowest BCUT2D eigenvalue weighted by Crippen LogP contribution is -2.31. The van der Waals surface area contributed by atoms with Crippen LogP contribution in [0, 0.1) is 17.8 Å². The van der Waals surface area contributed by atoms with Gasteiger partial charge in [-0.05, 0) is 11.8 Å². The summed E-state index contributed by atoms with van der Waals surface area (Å²) >= 11 is 0. The molecule has 78 valence electrons. The molecule has 0 atom stereocenters. The molecule has 0 fully saturated rings. The van der Waals surface area contributed by atoms with Crippen LogP contribution in [-0.2, 0) is 0 Å². The van der Waals surface area contributed by atoms with Crippen LogP contribution >= 0.6 is 0 Å². The van der Waals surface area contributed by atoms with Crippen LogP contribution < -0.4 is 0 Å². The second-order valence-corrected chi connectivity index (χ2v) is 4.98.